The zero-order chi connectivity index (χ0) is 12.0. The van der Waals surface area contributed by atoms with Crippen molar-refractivity contribution in [2.45, 2.75) is 71.4 Å². The van der Waals surface area contributed by atoms with E-state index in [9.17, 15) is 0 Å². The molecule has 1 atom stereocenters. The molecule has 0 amide bonds. The second kappa shape index (κ2) is 6.61. The van der Waals surface area contributed by atoms with Crippen LogP contribution in [0, 0.1) is 0 Å². The molecule has 0 aromatic heterocycles. The minimum Gasteiger partial charge on any atom is -0.311 e. The largest absolute Gasteiger partial charge is 0.311 e. The number of likely N-dealkylation sites (tertiary alicyclic amines) is 1. The van der Waals surface area contributed by atoms with E-state index in [-0.39, 0.29) is 5.54 Å². The van der Waals surface area contributed by atoms with Crippen molar-refractivity contribution in [2.24, 2.45) is 0 Å². The summed E-state index contributed by atoms with van der Waals surface area (Å²) in [5.74, 6) is 0. The van der Waals surface area contributed by atoms with Gasteiger partial charge < -0.3 is 5.32 Å². The molecule has 2 nitrogen and oxygen atoms in total. The van der Waals surface area contributed by atoms with Crippen LogP contribution in [0.4, 0.5) is 0 Å². The fourth-order valence-electron chi connectivity index (χ4n) is 2.37. The number of nitrogens with zero attached hydrogens (tertiary/aromatic N) is 1. The SMILES string of the molecule is CCCCN1CCCCC1CNC(C)(C)C. The number of hydrogen-bond donors (Lipinski definition) is 1. The fraction of sp³-hybridized carbons (Fsp3) is 1.00. The van der Waals surface area contributed by atoms with E-state index in [2.05, 4.69) is 37.9 Å². The van der Waals surface area contributed by atoms with Gasteiger partial charge in [0.05, 0.1) is 0 Å². The summed E-state index contributed by atoms with van der Waals surface area (Å²) < 4.78 is 0. The van der Waals surface area contributed by atoms with Gasteiger partial charge in [0, 0.05) is 18.1 Å². The zero-order valence-electron chi connectivity index (χ0n) is 11.7. The highest BCUT2D eigenvalue weighted by Crippen LogP contribution is 2.17. The van der Waals surface area contributed by atoms with Crippen LogP contribution < -0.4 is 5.32 Å². The van der Waals surface area contributed by atoms with Gasteiger partial charge in [-0.05, 0) is 53.1 Å². The Morgan fingerprint density at radius 3 is 2.62 bits per heavy atom. The summed E-state index contributed by atoms with van der Waals surface area (Å²) in [6, 6.07) is 0.777. The summed E-state index contributed by atoms with van der Waals surface area (Å²) in [6.07, 6.45) is 6.86. The predicted molar refractivity (Wildman–Crippen MR) is 71.9 cm³/mol. The third kappa shape index (κ3) is 5.31. The van der Waals surface area contributed by atoms with E-state index < -0.39 is 0 Å². The smallest absolute Gasteiger partial charge is 0.0220 e. The Morgan fingerprint density at radius 2 is 2.00 bits per heavy atom. The second-order valence-corrected chi connectivity index (χ2v) is 6.17. The Kier molecular flexibility index (Phi) is 5.77. The lowest BCUT2D eigenvalue weighted by Gasteiger charge is -2.37. The van der Waals surface area contributed by atoms with Crippen LogP contribution >= 0.6 is 0 Å². The number of nitrogens with one attached hydrogen (secondary N) is 1. The summed E-state index contributed by atoms with van der Waals surface area (Å²) in [4.78, 5) is 2.70. The third-order valence-corrected chi connectivity index (χ3v) is 3.42. The highest BCUT2D eigenvalue weighted by Gasteiger charge is 2.22. The molecule has 0 spiro atoms. The Labute approximate surface area is 102 Å². The average molecular weight is 226 g/mol. The van der Waals surface area contributed by atoms with Crippen LogP contribution in [0.5, 0.6) is 0 Å². The molecule has 0 aromatic rings. The third-order valence-electron chi connectivity index (χ3n) is 3.42. The lowest BCUT2D eigenvalue weighted by molar-refractivity contribution is 0.137. The van der Waals surface area contributed by atoms with Crippen molar-refractivity contribution in [1.82, 2.24) is 10.2 Å². The summed E-state index contributed by atoms with van der Waals surface area (Å²) in [7, 11) is 0. The summed E-state index contributed by atoms with van der Waals surface area (Å²) in [5.41, 5.74) is 0.258. The molecule has 0 aromatic carbocycles. The first-order valence-electron chi connectivity index (χ1n) is 7.02. The summed E-state index contributed by atoms with van der Waals surface area (Å²) in [5, 5.41) is 3.66. The van der Waals surface area contributed by atoms with Gasteiger partial charge in [-0.1, -0.05) is 19.8 Å². The molecule has 16 heavy (non-hydrogen) atoms. The van der Waals surface area contributed by atoms with Crippen molar-refractivity contribution in [3.05, 3.63) is 0 Å². The second-order valence-electron chi connectivity index (χ2n) is 6.17. The normalized spacial score (nSPS) is 23.6. The Bertz CT molecular complexity index is 184. The van der Waals surface area contributed by atoms with Crippen molar-refractivity contribution < 1.29 is 0 Å². The zero-order valence-corrected chi connectivity index (χ0v) is 11.7. The van der Waals surface area contributed by atoms with E-state index in [1.807, 2.05) is 0 Å². The summed E-state index contributed by atoms with van der Waals surface area (Å²) >= 11 is 0. The van der Waals surface area contributed by atoms with Crippen LogP contribution in [0.2, 0.25) is 0 Å². The molecule has 1 N–H and O–H groups in total. The first-order valence-corrected chi connectivity index (χ1v) is 7.02. The maximum absolute atomic E-state index is 3.66. The molecule has 1 saturated heterocycles. The van der Waals surface area contributed by atoms with Crippen LogP contribution in [0.25, 0.3) is 0 Å². The monoisotopic (exact) mass is 226 g/mol. The molecule has 2 heteroatoms. The topological polar surface area (TPSA) is 15.3 Å². The summed E-state index contributed by atoms with van der Waals surface area (Å²) in [6.45, 7) is 12.8. The maximum atomic E-state index is 3.66. The van der Waals surface area contributed by atoms with Gasteiger partial charge in [-0.2, -0.15) is 0 Å². The Hall–Kier alpha value is -0.0800. The van der Waals surface area contributed by atoms with Gasteiger partial charge in [-0.15, -0.1) is 0 Å². The molecule has 1 unspecified atom stereocenters. The van der Waals surface area contributed by atoms with Crippen molar-refractivity contribution in [1.29, 1.82) is 0 Å². The van der Waals surface area contributed by atoms with Gasteiger partial charge in [0.15, 0.2) is 0 Å². The van der Waals surface area contributed by atoms with E-state index >= 15 is 0 Å². The van der Waals surface area contributed by atoms with Gasteiger partial charge in [-0.25, -0.2) is 0 Å². The first-order chi connectivity index (χ1) is 7.53. The quantitative estimate of drug-likeness (QED) is 0.775. The highest BCUT2D eigenvalue weighted by atomic mass is 15.2. The molecule has 1 aliphatic heterocycles. The van der Waals surface area contributed by atoms with Gasteiger partial charge in [0.25, 0.3) is 0 Å². The van der Waals surface area contributed by atoms with Crippen LogP contribution in [0.3, 0.4) is 0 Å². The molecule has 0 radical (unpaired) electrons. The van der Waals surface area contributed by atoms with Crippen LogP contribution in [-0.4, -0.2) is 36.1 Å². The Balaban J connectivity index is 2.34. The standard InChI is InChI=1S/C14H30N2/c1-5-6-10-16-11-8-7-9-13(16)12-15-14(2,3)4/h13,15H,5-12H2,1-4H3. The number of unbranched alkanes of at least 4 members (excludes halogenated alkanes) is 1. The minimum absolute atomic E-state index is 0.258. The van der Waals surface area contributed by atoms with E-state index in [0.29, 0.717) is 0 Å². The molecular weight excluding hydrogens is 196 g/mol. The molecular formula is C14H30N2. The van der Waals surface area contributed by atoms with Crippen LogP contribution in [0.1, 0.15) is 59.8 Å². The van der Waals surface area contributed by atoms with Gasteiger partial charge in [0.2, 0.25) is 0 Å². The van der Waals surface area contributed by atoms with Crippen LogP contribution in [-0.2, 0) is 0 Å². The number of rotatable bonds is 5. The average Bonchev–Trinajstić information content (AvgIpc) is 2.23. The molecule has 0 bridgehead atoms. The van der Waals surface area contributed by atoms with E-state index in [4.69, 9.17) is 0 Å². The van der Waals surface area contributed by atoms with Crippen molar-refractivity contribution >= 4 is 0 Å². The van der Waals surface area contributed by atoms with Crippen molar-refractivity contribution in [3.8, 4) is 0 Å². The molecule has 1 rings (SSSR count). The number of hydrogen-bond acceptors (Lipinski definition) is 2. The highest BCUT2D eigenvalue weighted by molar-refractivity contribution is 4.82. The molecule has 96 valence electrons. The fourth-order valence-corrected chi connectivity index (χ4v) is 2.37. The van der Waals surface area contributed by atoms with Gasteiger partial charge in [0.1, 0.15) is 0 Å². The Morgan fingerprint density at radius 1 is 1.25 bits per heavy atom. The molecule has 1 fully saturated rings. The molecule has 0 saturated carbocycles. The van der Waals surface area contributed by atoms with E-state index in [0.717, 1.165) is 12.6 Å². The first kappa shape index (κ1) is 14.0. The number of piperidine rings is 1. The lowest BCUT2D eigenvalue weighted by Crippen LogP contribution is -2.49. The molecule has 1 aliphatic rings. The van der Waals surface area contributed by atoms with Crippen molar-refractivity contribution in [2.75, 3.05) is 19.6 Å². The lowest BCUT2D eigenvalue weighted by atomic mass is 10.00. The van der Waals surface area contributed by atoms with Gasteiger partial charge in [-0.3, -0.25) is 4.90 Å². The van der Waals surface area contributed by atoms with Crippen LogP contribution in [0.15, 0.2) is 0 Å². The minimum atomic E-state index is 0.258. The van der Waals surface area contributed by atoms with Gasteiger partial charge >= 0.3 is 0 Å². The predicted octanol–water partition coefficient (Wildman–Crippen LogP) is 3.03. The van der Waals surface area contributed by atoms with E-state index in [1.54, 1.807) is 0 Å². The molecule has 0 aliphatic carbocycles. The van der Waals surface area contributed by atoms with Crippen molar-refractivity contribution in [3.63, 3.8) is 0 Å². The van der Waals surface area contributed by atoms with E-state index in [1.165, 1.54) is 45.2 Å². The maximum Gasteiger partial charge on any atom is 0.0220 e. The molecule has 1 heterocycles.